The van der Waals surface area contributed by atoms with Crippen molar-refractivity contribution in [3.05, 3.63) is 81.9 Å². The summed E-state index contributed by atoms with van der Waals surface area (Å²) in [6.45, 7) is 7.13. The first kappa shape index (κ1) is 25.9. The smallest absolute Gasteiger partial charge is 0.147 e. The first-order valence-corrected chi connectivity index (χ1v) is 24.7. The van der Waals surface area contributed by atoms with Crippen LogP contribution in [-0.2, 0) is 17.4 Å². The molecule has 2 aliphatic rings. The van der Waals surface area contributed by atoms with Gasteiger partial charge in [0.25, 0.3) is 0 Å². The van der Waals surface area contributed by atoms with Crippen LogP contribution in [0.2, 0.25) is 9.26 Å². The van der Waals surface area contributed by atoms with Crippen molar-refractivity contribution in [1.82, 2.24) is 0 Å². The van der Waals surface area contributed by atoms with E-state index in [0.717, 1.165) is 0 Å². The molecular weight excluding hydrogens is 503 g/mol. The summed E-state index contributed by atoms with van der Waals surface area (Å²) >= 11 is -3.27. The third kappa shape index (κ3) is 4.27. The van der Waals surface area contributed by atoms with Crippen molar-refractivity contribution in [1.29, 1.82) is 0 Å². The van der Waals surface area contributed by atoms with Gasteiger partial charge in [0.1, 0.15) is 0 Å². The molecule has 0 amide bonds. The van der Waals surface area contributed by atoms with E-state index in [2.05, 4.69) is 90.7 Å². The molecule has 162 valence electrons. The first-order valence-electron chi connectivity index (χ1n) is 11.0. The van der Waals surface area contributed by atoms with Crippen molar-refractivity contribution < 1.29 is 17.4 Å². The van der Waals surface area contributed by atoms with Gasteiger partial charge in [0.2, 0.25) is 0 Å². The van der Waals surface area contributed by atoms with E-state index in [1.165, 1.54) is 36.8 Å². The van der Waals surface area contributed by atoms with Gasteiger partial charge in [-0.3, -0.25) is 0 Å². The van der Waals surface area contributed by atoms with Gasteiger partial charge in [-0.05, 0) is 0 Å². The Labute approximate surface area is 197 Å². The zero-order valence-corrected chi connectivity index (χ0v) is 24.3. The molecule has 0 N–H and O–H groups in total. The molecular formula is C26H36Cl2SiZr. The van der Waals surface area contributed by atoms with Gasteiger partial charge in [0.05, 0.1) is 0 Å². The SMILES string of the molecule is CCCC1=Cc2ccccc2[CH]1[Zr]([CH3])([CH3])(=[SiH2])[CH]1C(CCC)=Cc2ccccc21.Cl.Cl. The maximum Gasteiger partial charge on any atom is -0.147 e. The third-order valence-corrected chi connectivity index (χ3v) is 24.5. The van der Waals surface area contributed by atoms with Crippen molar-refractivity contribution in [2.75, 3.05) is 0 Å². The monoisotopic (exact) mass is 536 g/mol. The van der Waals surface area contributed by atoms with E-state index in [9.17, 15) is 0 Å². The Hall–Kier alpha value is -0.400. The minimum Gasteiger partial charge on any atom is -0.147 e. The predicted molar refractivity (Wildman–Crippen MR) is 139 cm³/mol. The molecule has 0 bridgehead atoms. The van der Waals surface area contributed by atoms with Gasteiger partial charge in [-0.15, -0.1) is 24.8 Å². The van der Waals surface area contributed by atoms with Crippen LogP contribution < -0.4 is 0 Å². The normalized spacial score (nSPS) is 19.8. The van der Waals surface area contributed by atoms with Gasteiger partial charge >= 0.3 is 174 Å². The Bertz CT molecular complexity index is 967. The largest absolute Gasteiger partial charge is 0.147 e. The number of halogens is 2. The molecule has 0 heterocycles. The molecule has 0 nitrogen and oxygen atoms in total. The van der Waals surface area contributed by atoms with Gasteiger partial charge in [-0.2, -0.15) is 0 Å². The molecule has 4 rings (SSSR count). The molecule has 2 aliphatic carbocycles. The summed E-state index contributed by atoms with van der Waals surface area (Å²) < 4.78 is 6.86. The summed E-state index contributed by atoms with van der Waals surface area (Å²) in [4.78, 5) is 0. The van der Waals surface area contributed by atoms with E-state index in [-0.39, 0.29) is 24.8 Å². The quantitative estimate of drug-likeness (QED) is 0.327. The van der Waals surface area contributed by atoms with Crippen molar-refractivity contribution in [3.8, 4) is 0 Å². The Morgan fingerprint density at radius 2 is 1.07 bits per heavy atom. The van der Waals surface area contributed by atoms with E-state index in [1.807, 2.05) is 0 Å². The van der Waals surface area contributed by atoms with Crippen molar-refractivity contribution in [2.45, 2.75) is 56.0 Å². The fourth-order valence-electron chi connectivity index (χ4n) is 6.19. The van der Waals surface area contributed by atoms with E-state index in [4.69, 9.17) is 0 Å². The van der Waals surface area contributed by atoms with Gasteiger partial charge in [-0.1, -0.05) is 0 Å². The van der Waals surface area contributed by atoms with Gasteiger partial charge in [0, 0.05) is 0 Å². The fourth-order valence-corrected chi connectivity index (χ4v) is 26.1. The molecule has 30 heavy (non-hydrogen) atoms. The number of hydrogen-bond donors (Lipinski definition) is 0. The zero-order valence-electron chi connectivity index (χ0n) is 18.8. The molecule has 0 spiro atoms. The van der Waals surface area contributed by atoms with Crippen LogP contribution in [0.5, 0.6) is 0 Å². The van der Waals surface area contributed by atoms with Crippen LogP contribution in [0.25, 0.3) is 12.2 Å². The second-order valence-corrected chi connectivity index (χ2v) is 40.5. The summed E-state index contributed by atoms with van der Waals surface area (Å²) in [5.41, 5.74) is 9.65. The maximum atomic E-state index is 2.76. The molecule has 2 unspecified atom stereocenters. The molecule has 0 aromatic heterocycles. The first-order chi connectivity index (χ1) is 13.4. The van der Waals surface area contributed by atoms with Crippen LogP contribution in [0, 0.1) is 0 Å². The van der Waals surface area contributed by atoms with Crippen molar-refractivity contribution >= 4 is 43.8 Å². The average Bonchev–Trinajstić information content (AvgIpc) is 3.20. The fraction of sp³-hybridized carbons (Fsp3) is 0.385. The average molecular weight is 539 g/mol. The molecule has 2 aromatic carbocycles. The molecule has 2 aromatic rings. The number of allylic oxidation sites excluding steroid dienone is 2. The summed E-state index contributed by atoms with van der Waals surface area (Å²) in [6, 6.07) is 18.5. The molecule has 0 radical (unpaired) electrons. The van der Waals surface area contributed by atoms with Gasteiger partial charge in [-0.25, -0.2) is 0 Å². The van der Waals surface area contributed by atoms with E-state index in [1.54, 1.807) is 22.3 Å². The summed E-state index contributed by atoms with van der Waals surface area (Å²) in [6.07, 6.45) is 10.0. The minimum atomic E-state index is -3.27. The van der Waals surface area contributed by atoms with Crippen LogP contribution in [0.15, 0.2) is 59.7 Å². The third-order valence-electron chi connectivity index (χ3n) is 7.01. The Morgan fingerprint density at radius 1 is 0.700 bits per heavy atom. The van der Waals surface area contributed by atoms with Gasteiger partial charge < -0.3 is 0 Å². The predicted octanol–water partition coefficient (Wildman–Crippen LogP) is 8.04. The number of fused-ring (bicyclic) bond motifs is 2. The molecule has 0 saturated carbocycles. The zero-order chi connectivity index (χ0) is 20.0. The second kappa shape index (κ2) is 9.62. The Morgan fingerprint density at radius 3 is 1.43 bits per heavy atom. The molecule has 0 fully saturated rings. The molecule has 2 atom stereocenters. The van der Waals surface area contributed by atoms with E-state index >= 15 is 0 Å². The second-order valence-electron chi connectivity index (χ2n) is 10.00. The van der Waals surface area contributed by atoms with E-state index < -0.39 is 17.4 Å². The summed E-state index contributed by atoms with van der Waals surface area (Å²) in [5.74, 6) is 0. The van der Waals surface area contributed by atoms with Gasteiger partial charge in [0.15, 0.2) is 0 Å². The van der Waals surface area contributed by atoms with Crippen LogP contribution >= 0.6 is 24.8 Å². The van der Waals surface area contributed by atoms with E-state index in [0.29, 0.717) is 7.25 Å². The Kier molecular flexibility index (Phi) is 8.29. The molecule has 0 aliphatic heterocycles. The molecule has 0 saturated heterocycles. The Balaban J connectivity index is 0.00000160. The summed E-state index contributed by atoms with van der Waals surface area (Å²) in [7, 11) is 0. The van der Waals surface area contributed by atoms with Crippen LogP contribution in [0.4, 0.5) is 0 Å². The van der Waals surface area contributed by atoms with Crippen LogP contribution in [-0.4, -0.2) is 6.88 Å². The summed E-state index contributed by atoms with van der Waals surface area (Å²) in [5, 5.41) is 0. The molecule has 4 heteroatoms. The number of rotatable bonds is 6. The topological polar surface area (TPSA) is 0 Å². The maximum absolute atomic E-state index is 3.27. The van der Waals surface area contributed by atoms with Crippen molar-refractivity contribution in [2.24, 2.45) is 0 Å². The van der Waals surface area contributed by atoms with Crippen LogP contribution in [0.1, 0.15) is 69.0 Å². The number of benzene rings is 2. The van der Waals surface area contributed by atoms with Crippen molar-refractivity contribution in [3.63, 3.8) is 0 Å². The number of hydrogen-bond acceptors (Lipinski definition) is 0. The minimum absolute atomic E-state index is 0. The van der Waals surface area contributed by atoms with Crippen LogP contribution in [0.3, 0.4) is 0 Å². The standard InChI is InChI=1S/2C12H13.2CH3.2ClH.H2Si.Zr/c2*1-2-5-10-8-11-6-3-4-7-12(11)9-10;;;;;;/h2*3-4,6-9H,2,5H2,1H3;2*1H3;2*1H;1H2;.